The average Bonchev–Trinajstić information content (AvgIpc) is 3.43. The van der Waals surface area contributed by atoms with Crippen molar-refractivity contribution in [3.8, 4) is 17.1 Å². The van der Waals surface area contributed by atoms with Gasteiger partial charge in [0.2, 0.25) is 5.91 Å². The van der Waals surface area contributed by atoms with Crippen molar-refractivity contribution in [2.45, 2.75) is 44.9 Å². The van der Waals surface area contributed by atoms with Crippen molar-refractivity contribution >= 4 is 5.91 Å². The van der Waals surface area contributed by atoms with Gasteiger partial charge in [0.1, 0.15) is 5.75 Å². The summed E-state index contributed by atoms with van der Waals surface area (Å²) in [6.07, 6.45) is 7.87. The maximum Gasteiger partial charge on any atom is 0.219 e. The number of amides is 1. The molecule has 0 radical (unpaired) electrons. The molecule has 7 nitrogen and oxygen atoms in total. The highest BCUT2D eigenvalue weighted by atomic mass is 16.6. The third kappa shape index (κ3) is 4.13. The molecule has 144 valence electrons. The van der Waals surface area contributed by atoms with E-state index in [0.29, 0.717) is 25.2 Å². The van der Waals surface area contributed by atoms with Gasteiger partial charge in [0, 0.05) is 26.2 Å². The fraction of sp³-hybridized carbons (Fsp3) is 0.550. The molecule has 1 amide bonds. The molecule has 2 aromatic heterocycles. The minimum atomic E-state index is 0.0462. The first-order valence-electron chi connectivity index (χ1n) is 9.59. The molecule has 2 aliphatic rings. The molecule has 2 fully saturated rings. The zero-order valence-electron chi connectivity index (χ0n) is 15.9. The number of carbonyl (C=O) groups is 1. The number of pyridine rings is 1. The maximum absolute atomic E-state index is 11.5. The molecule has 1 atom stereocenters. The summed E-state index contributed by atoms with van der Waals surface area (Å²) >= 11 is 0. The molecule has 0 bridgehead atoms. The lowest BCUT2D eigenvalue weighted by Gasteiger charge is -2.34. The van der Waals surface area contributed by atoms with E-state index in [9.17, 15) is 4.79 Å². The number of hydrogen-bond acceptors (Lipinski definition) is 5. The molecular formula is C20H26N4O3. The smallest absolute Gasteiger partial charge is 0.219 e. The summed E-state index contributed by atoms with van der Waals surface area (Å²) in [6.45, 7) is 3.04. The van der Waals surface area contributed by atoms with E-state index in [2.05, 4.69) is 10.1 Å². The zero-order valence-corrected chi connectivity index (χ0v) is 15.9. The molecule has 27 heavy (non-hydrogen) atoms. The Balaban J connectivity index is 1.28. The fourth-order valence-electron chi connectivity index (χ4n) is 3.72. The summed E-state index contributed by atoms with van der Waals surface area (Å²) in [5.41, 5.74) is 1.82. The van der Waals surface area contributed by atoms with Crippen LogP contribution < -0.4 is 4.74 Å². The summed E-state index contributed by atoms with van der Waals surface area (Å²) < 4.78 is 13.1. The van der Waals surface area contributed by atoms with Crippen molar-refractivity contribution in [2.75, 3.05) is 20.3 Å². The number of nitrogens with zero attached hydrogens (tertiary/aromatic N) is 4. The Morgan fingerprint density at radius 2 is 2.07 bits per heavy atom. The maximum atomic E-state index is 11.5. The van der Waals surface area contributed by atoms with E-state index in [1.54, 1.807) is 19.3 Å². The van der Waals surface area contributed by atoms with E-state index < -0.39 is 0 Å². The highest BCUT2D eigenvalue weighted by Gasteiger charge is 2.28. The number of epoxide rings is 1. The van der Waals surface area contributed by atoms with Gasteiger partial charge in [-0.25, -0.2) is 4.68 Å². The molecular weight excluding hydrogens is 344 g/mol. The number of aromatic nitrogens is 3. The highest BCUT2D eigenvalue weighted by Crippen LogP contribution is 2.30. The van der Waals surface area contributed by atoms with E-state index in [-0.39, 0.29) is 12.1 Å². The monoisotopic (exact) mass is 370 g/mol. The molecule has 0 aromatic carbocycles. The Kier molecular flexibility index (Phi) is 5.11. The summed E-state index contributed by atoms with van der Waals surface area (Å²) in [4.78, 5) is 17.9. The van der Waals surface area contributed by atoms with Crippen molar-refractivity contribution in [3.05, 3.63) is 30.6 Å². The van der Waals surface area contributed by atoms with Crippen LogP contribution in [0.15, 0.2) is 30.6 Å². The van der Waals surface area contributed by atoms with Crippen molar-refractivity contribution in [2.24, 2.45) is 5.92 Å². The standard InChI is InChI=1S/C20H26N4O3/c1-14(25)23(2)16-5-3-15(4-6-16)12-26-17-7-8-18(21-11-17)19-9-10-22-24(19)20-13-27-20/h7-11,15-16,20H,3-6,12-13H2,1-2H3. The Labute approximate surface area is 159 Å². The predicted octanol–water partition coefficient (Wildman–Crippen LogP) is 2.89. The SMILES string of the molecule is CC(=O)N(C)C1CCC(COc2ccc(-c3ccnn3C3CO3)nc2)CC1. The zero-order chi connectivity index (χ0) is 18.8. The number of carbonyl (C=O) groups excluding carboxylic acids is 1. The quantitative estimate of drug-likeness (QED) is 0.731. The Morgan fingerprint density at radius 3 is 2.70 bits per heavy atom. The molecule has 1 saturated heterocycles. The van der Waals surface area contributed by atoms with Gasteiger partial charge in [0.15, 0.2) is 6.23 Å². The Morgan fingerprint density at radius 1 is 1.30 bits per heavy atom. The van der Waals surface area contributed by atoms with Gasteiger partial charge in [-0.2, -0.15) is 5.10 Å². The van der Waals surface area contributed by atoms with Crippen LogP contribution in [0.5, 0.6) is 5.75 Å². The topological polar surface area (TPSA) is 72.8 Å². The third-order valence-corrected chi connectivity index (χ3v) is 5.60. The first-order valence-corrected chi connectivity index (χ1v) is 9.59. The lowest BCUT2D eigenvalue weighted by molar-refractivity contribution is -0.130. The minimum Gasteiger partial charge on any atom is -0.492 e. The fourth-order valence-corrected chi connectivity index (χ4v) is 3.72. The second-order valence-corrected chi connectivity index (χ2v) is 7.44. The summed E-state index contributed by atoms with van der Waals surface area (Å²) in [5.74, 6) is 1.47. The molecule has 1 saturated carbocycles. The lowest BCUT2D eigenvalue weighted by atomic mass is 9.86. The first kappa shape index (κ1) is 18.0. The highest BCUT2D eigenvalue weighted by molar-refractivity contribution is 5.73. The normalized spacial score (nSPS) is 24.4. The van der Waals surface area contributed by atoms with Crippen molar-refractivity contribution in [1.82, 2.24) is 19.7 Å². The van der Waals surface area contributed by atoms with E-state index in [1.165, 1.54) is 0 Å². The first-order chi connectivity index (χ1) is 13.1. The number of hydrogen-bond donors (Lipinski definition) is 0. The van der Waals surface area contributed by atoms with Gasteiger partial charge < -0.3 is 14.4 Å². The van der Waals surface area contributed by atoms with Crippen LogP contribution in [0.3, 0.4) is 0 Å². The molecule has 0 spiro atoms. The van der Waals surface area contributed by atoms with Gasteiger partial charge in [-0.05, 0) is 49.8 Å². The molecule has 7 heteroatoms. The van der Waals surface area contributed by atoms with E-state index in [0.717, 1.165) is 42.8 Å². The second kappa shape index (κ2) is 7.68. The molecule has 0 N–H and O–H groups in total. The van der Waals surface area contributed by atoms with Crippen LogP contribution in [0.25, 0.3) is 11.4 Å². The van der Waals surface area contributed by atoms with Gasteiger partial charge >= 0.3 is 0 Å². The van der Waals surface area contributed by atoms with Gasteiger partial charge in [-0.3, -0.25) is 9.78 Å². The van der Waals surface area contributed by atoms with Crippen molar-refractivity contribution < 1.29 is 14.3 Å². The third-order valence-electron chi connectivity index (χ3n) is 5.60. The van der Waals surface area contributed by atoms with Gasteiger partial charge in [-0.15, -0.1) is 0 Å². The molecule has 2 aromatic rings. The average molecular weight is 370 g/mol. The van der Waals surface area contributed by atoms with Crippen LogP contribution in [-0.4, -0.2) is 51.9 Å². The van der Waals surface area contributed by atoms with Crippen LogP contribution in [0.4, 0.5) is 0 Å². The molecule has 4 rings (SSSR count). The summed E-state index contributed by atoms with van der Waals surface area (Å²) in [6, 6.07) is 6.24. The van der Waals surface area contributed by atoms with E-state index >= 15 is 0 Å². The van der Waals surface area contributed by atoms with Crippen LogP contribution in [-0.2, 0) is 9.53 Å². The van der Waals surface area contributed by atoms with Gasteiger partial charge in [-0.1, -0.05) is 0 Å². The van der Waals surface area contributed by atoms with E-state index in [1.807, 2.05) is 34.8 Å². The lowest BCUT2D eigenvalue weighted by Crippen LogP contribution is -2.38. The molecule has 1 aliphatic carbocycles. The van der Waals surface area contributed by atoms with Crippen LogP contribution in [0.2, 0.25) is 0 Å². The van der Waals surface area contributed by atoms with Gasteiger partial charge in [0.25, 0.3) is 0 Å². The van der Waals surface area contributed by atoms with Crippen molar-refractivity contribution in [3.63, 3.8) is 0 Å². The van der Waals surface area contributed by atoms with Gasteiger partial charge in [0.05, 0.1) is 30.8 Å². The molecule has 1 aliphatic heterocycles. The van der Waals surface area contributed by atoms with Crippen LogP contribution in [0, 0.1) is 5.92 Å². The Bertz CT molecular complexity index is 777. The minimum absolute atomic E-state index is 0.0462. The number of ether oxygens (including phenoxy) is 2. The Hall–Kier alpha value is -2.41. The van der Waals surface area contributed by atoms with Crippen LogP contribution >= 0.6 is 0 Å². The molecule has 3 heterocycles. The van der Waals surface area contributed by atoms with Crippen LogP contribution in [0.1, 0.15) is 38.8 Å². The molecule has 1 unspecified atom stereocenters. The van der Waals surface area contributed by atoms with E-state index in [4.69, 9.17) is 9.47 Å². The second-order valence-electron chi connectivity index (χ2n) is 7.44. The number of rotatable bonds is 6. The predicted molar refractivity (Wildman–Crippen MR) is 100 cm³/mol. The largest absolute Gasteiger partial charge is 0.492 e. The summed E-state index contributed by atoms with van der Waals surface area (Å²) in [7, 11) is 1.90. The summed E-state index contributed by atoms with van der Waals surface area (Å²) in [5, 5.41) is 4.30. The van der Waals surface area contributed by atoms with Crippen molar-refractivity contribution in [1.29, 1.82) is 0 Å².